The van der Waals surface area contributed by atoms with Crippen molar-refractivity contribution in [2.45, 2.75) is 11.8 Å². The van der Waals surface area contributed by atoms with E-state index in [-0.39, 0.29) is 0 Å². The van der Waals surface area contributed by atoms with E-state index >= 15 is 0 Å². The molecule has 0 fully saturated rings. The fourth-order valence-corrected chi connectivity index (χ4v) is 3.68. The molecule has 0 aliphatic rings. The van der Waals surface area contributed by atoms with Crippen molar-refractivity contribution in [2.24, 2.45) is 0 Å². The number of rotatable bonds is 6. The molecule has 0 aliphatic heterocycles. The Morgan fingerprint density at radius 2 is 1.79 bits per heavy atom. The Kier molecular flexibility index (Phi) is 5.11. The number of aromatic amines is 1. The van der Waals surface area contributed by atoms with Gasteiger partial charge in [0.2, 0.25) is 0 Å². The molecule has 1 aromatic heterocycles. The summed E-state index contributed by atoms with van der Waals surface area (Å²) in [6.07, 6.45) is 0. The number of hydrogen-bond acceptors (Lipinski definition) is 3. The summed E-state index contributed by atoms with van der Waals surface area (Å²) in [4.78, 5) is 2.90. The van der Waals surface area contributed by atoms with Gasteiger partial charge in [-0.05, 0) is 24.6 Å². The van der Waals surface area contributed by atoms with Crippen molar-refractivity contribution < 1.29 is 4.21 Å². The molecular weight excluding hydrogens is 318 g/mol. The smallest absolute Gasteiger partial charge is 0.150 e. The molecule has 0 amide bonds. The van der Waals surface area contributed by atoms with Crippen molar-refractivity contribution in [1.29, 1.82) is 0 Å². The zero-order valence-corrected chi connectivity index (χ0v) is 14.7. The molecule has 0 spiro atoms. The summed E-state index contributed by atoms with van der Waals surface area (Å²) in [7, 11) is 0.982. The highest BCUT2D eigenvalue weighted by Gasteiger charge is 2.11. The predicted octanol–water partition coefficient (Wildman–Crippen LogP) is 3.63. The fraction of sp³-hybridized carbons (Fsp3) is 0.211. The van der Waals surface area contributed by atoms with Gasteiger partial charge in [-0.3, -0.25) is 9.31 Å². The summed E-state index contributed by atoms with van der Waals surface area (Å²) in [6, 6.07) is 19.8. The molecule has 0 radical (unpaired) electrons. The quantitative estimate of drug-likeness (QED) is 0.746. The Morgan fingerprint density at radius 1 is 1.08 bits per heavy atom. The highest BCUT2D eigenvalue weighted by Crippen LogP contribution is 2.24. The molecule has 1 heterocycles. The van der Waals surface area contributed by atoms with Gasteiger partial charge in [0, 0.05) is 35.9 Å². The van der Waals surface area contributed by atoms with Crippen LogP contribution in [0.15, 0.2) is 65.6 Å². The Morgan fingerprint density at radius 3 is 2.54 bits per heavy atom. The third-order valence-corrected chi connectivity index (χ3v) is 5.36. The molecule has 0 unspecified atom stereocenters. The van der Waals surface area contributed by atoms with E-state index in [1.54, 1.807) is 0 Å². The maximum Gasteiger partial charge on any atom is 0.150 e. The lowest BCUT2D eigenvalue weighted by atomic mass is 10.1. The molecule has 1 atom stereocenters. The second-order valence-corrected chi connectivity index (χ2v) is 7.31. The minimum absolute atomic E-state index is 0.576. The van der Waals surface area contributed by atoms with Gasteiger partial charge < -0.3 is 4.90 Å². The van der Waals surface area contributed by atoms with Crippen molar-refractivity contribution in [3.8, 4) is 11.3 Å². The lowest BCUT2D eigenvalue weighted by Crippen LogP contribution is -2.23. The third-order valence-electron chi connectivity index (χ3n) is 4.01. The lowest BCUT2D eigenvalue weighted by molar-refractivity contribution is 0.682. The third kappa shape index (κ3) is 3.74. The maximum absolute atomic E-state index is 12.3. The first kappa shape index (κ1) is 16.5. The highest BCUT2D eigenvalue weighted by molar-refractivity contribution is 7.85. The molecule has 124 valence electrons. The molecule has 3 rings (SSSR count). The van der Waals surface area contributed by atoms with Gasteiger partial charge in [-0.15, -0.1) is 0 Å². The van der Waals surface area contributed by atoms with Gasteiger partial charge in [0.05, 0.1) is 16.5 Å². The molecule has 0 aliphatic carbocycles. The van der Waals surface area contributed by atoms with Crippen molar-refractivity contribution in [3.63, 3.8) is 0 Å². The van der Waals surface area contributed by atoms with Gasteiger partial charge >= 0.3 is 0 Å². The zero-order chi connectivity index (χ0) is 16.9. The van der Waals surface area contributed by atoms with Crippen LogP contribution in [-0.4, -0.2) is 33.8 Å². The first-order valence-corrected chi connectivity index (χ1v) is 9.23. The van der Waals surface area contributed by atoms with Crippen molar-refractivity contribution in [1.82, 2.24) is 10.2 Å². The van der Waals surface area contributed by atoms with Gasteiger partial charge in [-0.25, -0.2) is 0 Å². The second-order valence-electron chi connectivity index (χ2n) is 5.74. The summed E-state index contributed by atoms with van der Waals surface area (Å²) < 4.78 is 12.3. The van der Waals surface area contributed by atoms with E-state index in [0.29, 0.717) is 12.3 Å². The van der Waals surface area contributed by atoms with Crippen LogP contribution in [0.3, 0.4) is 0 Å². The molecule has 0 bridgehead atoms. The second kappa shape index (κ2) is 7.45. The summed E-state index contributed by atoms with van der Waals surface area (Å²) >= 11 is 0. The number of nitrogens with zero attached hydrogens (tertiary/aromatic N) is 2. The van der Waals surface area contributed by atoms with Gasteiger partial charge in [-0.2, -0.15) is 5.10 Å². The molecule has 4 nitrogen and oxygen atoms in total. The Hall–Kier alpha value is -2.40. The SMILES string of the molecule is Cc1ccccc1-c1cc(N(C)CC[S@@](=O)c2ccccc2)n[nH]1. The van der Waals surface area contributed by atoms with E-state index < -0.39 is 10.8 Å². The van der Waals surface area contributed by atoms with E-state index in [9.17, 15) is 4.21 Å². The van der Waals surface area contributed by atoms with Crippen molar-refractivity contribution >= 4 is 16.6 Å². The van der Waals surface area contributed by atoms with Crippen molar-refractivity contribution in [2.75, 3.05) is 24.2 Å². The van der Waals surface area contributed by atoms with E-state index in [0.717, 1.165) is 22.0 Å². The average Bonchev–Trinajstić information content (AvgIpc) is 3.10. The average molecular weight is 339 g/mol. The Bertz CT molecular complexity index is 829. The molecule has 0 saturated heterocycles. The van der Waals surface area contributed by atoms with Crippen LogP contribution in [0.1, 0.15) is 5.56 Å². The zero-order valence-electron chi connectivity index (χ0n) is 13.9. The van der Waals surface area contributed by atoms with Crippen LogP contribution in [0.2, 0.25) is 0 Å². The van der Waals surface area contributed by atoms with Gasteiger partial charge in [-0.1, -0.05) is 42.5 Å². The van der Waals surface area contributed by atoms with E-state index in [2.05, 4.69) is 29.3 Å². The molecule has 2 aromatic carbocycles. The van der Waals surface area contributed by atoms with Crippen LogP contribution in [0, 0.1) is 6.92 Å². The summed E-state index contributed by atoms with van der Waals surface area (Å²) in [5.74, 6) is 1.44. The summed E-state index contributed by atoms with van der Waals surface area (Å²) in [5, 5.41) is 7.48. The van der Waals surface area contributed by atoms with Crippen LogP contribution in [-0.2, 0) is 10.8 Å². The fourth-order valence-electron chi connectivity index (χ4n) is 2.54. The highest BCUT2D eigenvalue weighted by atomic mass is 32.2. The molecule has 1 N–H and O–H groups in total. The van der Waals surface area contributed by atoms with Crippen LogP contribution in [0.4, 0.5) is 5.82 Å². The minimum atomic E-state index is -0.990. The molecule has 3 aromatic rings. The molecule has 0 saturated carbocycles. The molecule has 24 heavy (non-hydrogen) atoms. The predicted molar refractivity (Wildman–Crippen MR) is 99.7 cm³/mol. The van der Waals surface area contributed by atoms with Gasteiger partial charge in [0.15, 0.2) is 5.82 Å². The normalized spacial score (nSPS) is 12.1. The number of nitrogens with one attached hydrogen (secondary N) is 1. The minimum Gasteiger partial charge on any atom is -0.357 e. The Labute approximate surface area is 145 Å². The number of hydrogen-bond donors (Lipinski definition) is 1. The molecular formula is C19H21N3OS. The standard InChI is InChI=1S/C19H21N3OS/c1-15-8-6-7-11-17(15)18-14-19(21-20-18)22(2)12-13-24(23)16-9-4-3-5-10-16/h3-11,14H,12-13H2,1-2H3,(H,20,21)/t24-/m1/s1. The number of aromatic nitrogens is 2. The first-order chi connectivity index (χ1) is 11.6. The van der Waals surface area contributed by atoms with Gasteiger partial charge in [0.1, 0.15) is 0 Å². The lowest BCUT2D eigenvalue weighted by Gasteiger charge is -2.15. The number of anilines is 1. The van der Waals surface area contributed by atoms with Crippen LogP contribution in [0.5, 0.6) is 0 Å². The topological polar surface area (TPSA) is 49.0 Å². The van der Waals surface area contributed by atoms with Crippen LogP contribution in [0.25, 0.3) is 11.3 Å². The summed E-state index contributed by atoms with van der Waals surface area (Å²) in [5.41, 5.74) is 3.36. The number of H-pyrrole nitrogens is 1. The van der Waals surface area contributed by atoms with E-state index in [1.807, 2.05) is 60.5 Å². The first-order valence-electron chi connectivity index (χ1n) is 7.91. The monoisotopic (exact) mass is 339 g/mol. The van der Waals surface area contributed by atoms with E-state index in [1.165, 1.54) is 5.56 Å². The van der Waals surface area contributed by atoms with E-state index in [4.69, 9.17) is 0 Å². The van der Waals surface area contributed by atoms with Crippen molar-refractivity contribution in [3.05, 3.63) is 66.2 Å². The number of benzene rings is 2. The largest absolute Gasteiger partial charge is 0.357 e. The van der Waals surface area contributed by atoms with Crippen LogP contribution < -0.4 is 4.90 Å². The number of aryl methyl sites for hydroxylation is 1. The summed E-state index contributed by atoms with van der Waals surface area (Å²) in [6.45, 7) is 2.77. The van der Waals surface area contributed by atoms with Crippen LogP contribution >= 0.6 is 0 Å². The Balaban J connectivity index is 1.65. The maximum atomic E-state index is 12.3. The van der Waals surface area contributed by atoms with Gasteiger partial charge in [0.25, 0.3) is 0 Å². The molecule has 5 heteroatoms.